The summed E-state index contributed by atoms with van der Waals surface area (Å²) in [5.41, 5.74) is 3.21. The van der Waals surface area contributed by atoms with E-state index in [-0.39, 0.29) is 11.8 Å². The highest BCUT2D eigenvalue weighted by Gasteiger charge is 2.33. The molecule has 0 saturated carbocycles. The summed E-state index contributed by atoms with van der Waals surface area (Å²) >= 11 is 12.3. The molecule has 0 aliphatic carbocycles. The van der Waals surface area contributed by atoms with Gasteiger partial charge >= 0.3 is 0 Å². The van der Waals surface area contributed by atoms with Crippen LogP contribution in [0.2, 0.25) is 10.0 Å². The summed E-state index contributed by atoms with van der Waals surface area (Å²) in [6.45, 7) is 2.68. The van der Waals surface area contributed by atoms with Gasteiger partial charge in [0.15, 0.2) is 0 Å². The quantitative estimate of drug-likeness (QED) is 0.539. The maximum Gasteiger partial charge on any atom is 0.227 e. The highest BCUT2D eigenvalue weighted by molar-refractivity contribution is 6.42. The number of benzene rings is 3. The van der Waals surface area contributed by atoms with Gasteiger partial charge in [-0.3, -0.25) is 4.79 Å². The van der Waals surface area contributed by atoms with Gasteiger partial charge in [-0.05, 0) is 47.0 Å². The first-order valence-corrected chi connectivity index (χ1v) is 9.12. The Labute approximate surface area is 157 Å². The first kappa shape index (κ1) is 16.4. The molecule has 0 saturated heterocycles. The highest BCUT2D eigenvalue weighted by Crippen LogP contribution is 2.44. The fourth-order valence-electron chi connectivity index (χ4n) is 3.77. The summed E-state index contributed by atoms with van der Waals surface area (Å²) in [4.78, 5) is 14.6. The van der Waals surface area contributed by atoms with E-state index in [0.717, 1.165) is 11.3 Å². The fraction of sp³-hybridized carbons (Fsp3) is 0.190. The summed E-state index contributed by atoms with van der Waals surface area (Å²) < 4.78 is 0. The minimum atomic E-state index is -0.0221. The van der Waals surface area contributed by atoms with Crippen molar-refractivity contribution >= 4 is 45.6 Å². The van der Waals surface area contributed by atoms with Crippen LogP contribution in [0, 0.1) is 0 Å². The molecule has 0 fully saturated rings. The van der Waals surface area contributed by atoms with Crippen LogP contribution in [0.5, 0.6) is 0 Å². The average molecular weight is 370 g/mol. The van der Waals surface area contributed by atoms with Crippen LogP contribution in [0.15, 0.2) is 54.6 Å². The van der Waals surface area contributed by atoms with E-state index in [0.29, 0.717) is 23.0 Å². The number of carbonyl (C=O) groups excluding carboxylic acids is 1. The van der Waals surface area contributed by atoms with Crippen LogP contribution in [0.25, 0.3) is 10.8 Å². The third kappa shape index (κ3) is 2.70. The number of fused-ring (bicyclic) bond motifs is 3. The van der Waals surface area contributed by atoms with Gasteiger partial charge in [0.2, 0.25) is 5.91 Å². The van der Waals surface area contributed by atoms with E-state index in [4.69, 9.17) is 23.2 Å². The third-order valence-corrected chi connectivity index (χ3v) is 5.67. The van der Waals surface area contributed by atoms with Crippen LogP contribution < -0.4 is 4.90 Å². The van der Waals surface area contributed by atoms with Crippen molar-refractivity contribution in [2.24, 2.45) is 0 Å². The lowest BCUT2D eigenvalue weighted by molar-refractivity contribution is -0.119. The number of halogens is 2. The summed E-state index contributed by atoms with van der Waals surface area (Å²) in [7, 11) is 0. The molecule has 1 amide bonds. The van der Waals surface area contributed by atoms with Gasteiger partial charge in [0.1, 0.15) is 0 Å². The minimum Gasteiger partial charge on any atom is -0.312 e. The van der Waals surface area contributed by atoms with Gasteiger partial charge in [-0.2, -0.15) is 0 Å². The van der Waals surface area contributed by atoms with Crippen LogP contribution in [-0.2, 0) is 4.79 Å². The Kier molecular flexibility index (Phi) is 4.18. The number of rotatable bonds is 2. The Hall–Kier alpha value is -2.03. The lowest BCUT2D eigenvalue weighted by Crippen LogP contribution is -2.36. The maximum atomic E-state index is 12.7. The molecule has 1 aliphatic rings. The molecule has 2 nitrogen and oxygen atoms in total. The van der Waals surface area contributed by atoms with E-state index in [1.807, 2.05) is 36.1 Å². The van der Waals surface area contributed by atoms with E-state index >= 15 is 0 Å². The second-order valence-electron chi connectivity index (χ2n) is 6.29. The van der Waals surface area contributed by atoms with Gasteiger partial charge < -0.3 is 4.90 Å². The molecule has 1 heterocycles. The topological polar surface area (TPSA) is 20.3 Å². The molecule has 0 bridgehead atoms. The standard InChI is InChI=1S/C21H17Cl2NO/c1-2-24-19-10-8-13-5-3-4-6-15(13)21(19)16(12-20(24)25)14-7-9-17(22)18(23)11-14/h3-11,16H,2,12H2,1H3. The molecule has 126 valence electrons. The van der Waals surface area contributed by atoms with E-state index < -0.39 is 0 Å². The summed E-state index contributed by atoms with van der Waals surface area (Å²) in [5.74, 6) is 0.118. The Bertz CT molecular complexity index is 983. The van der Waals surface area contributed by atoms with Gasteiger partial charge in [0, 0.05) is 24.6 Å². The zero-order valence-electron chi connectivity index (χ0n) is 13.8. The number of nitrogens with zero attached hydrogens (tertiary/aromatic N) is 1. The molecule has 25 heavy (non-hydrogen) atoms. The van der Waals surface area contributed by atoms with Crippen molar-refractivity contribution < 1.29 is 4.79 Å². The van der Waals surface area contributed by atoms with Crippen LogP contribution >= 0.6 is 23.2 Å². The van der Waals surface area contributed by atoms with Crippen molar-refractivity contribution in [2.75, 3.05) is 11.4 Å². The lowest BCUT2D eigenvalue weighted by atomic mass is 9.81. The zero-order valence-corrected chi connectivity index (χ0v) is 15.3. The molecule has 1 unspecified atom stereocenters. The Morgan fingerprint density at radius 2 is 1.84 bits per heavy atom. The molecule has 0 spiro atoms. The largest absolute Gasteiger partial charge is 0.312 e. The Morgan fingerprint density at radius 3 is 2.60 bits per heavy atom. The molecular formula is C21H17Cl2NO. The van der Waals surface area contributed by atoms with E-state index in [9.17, 15) is 4.79 Å². The first-order chi connectivity index (χ1) is 12.1. The van der Waals surface area contributed by atoms with E-state index in [1.54, 1.807) is 6.07 Å². The van der Waals surface area contributed by atoms with Crippen molar-refractivity contribution in [1.29, 1.82) is 0 Å². The monoisotopic (exact) mass is 369 g/mol. The molecule has 1 aliphatic heterocycles. The predicted molar refractivity (Wildman–Crippen MR) is 105 cm³/mol. The minimum absolute atomic E-state index is 0.0221. The number of hydrogen-bond acceptors (Lipinski definition) is 1. The number of carbonyl (C=O) groups is 1. The molecular weight excluding hydrogens is 353 g/mol. The zero-order chi connectivity index (χ0) is 17.6. The molecule has 4 rings (SSSR count). The number of anilines is 1. The van der Waals surface area contributed by atoms with E-state index in [1.165, 1.54) is 16.3 Å². The third-order valence-electron chi connectivity index (χ3n) is 4.93. The Balaban J connectivity index is 2.00. The van der Waals surface area contributed by atoms with Gasteiger partial charge in [0.05, 0.1) is 10.0 Å². The van der Waals surface area contributed by atoms with Crippen molar-refractivity contribution in [3.63, 3.8) is 0 Å². The highest BCUT2D eigenvalue weighted by atomic mass is 35.5. The number of hydrogen-bond donors (Lipinski definition) is 0. The second kappa shape index (κ2) is 6.36. The van der Waals surface area contributed by atoms with Crippen LogP contribution in [0.1, 0.15) is 30.4 Å². The molecule has 0 aromatic heterocycles. The molecule has 0 radical (unpaired) electrons. The summed E-state index contributed by atoms with van der Waals surface area (Å²) in [6, 6.07) is 18.1. The molecule has 1 atom stereocenters. The van der Waals surface area contributed by atoms with Crippen LogP contribution in [0.3, 0.4) is 0 Å². The predicted octanol–water partition coefficient (Wildman–Crippen LogP) is 6.04. The van der Waals surface area contributed by atoms with Crippen LogP contribution in [0.4, 0.5) is 5.69 Å². The first-order valence-electron chi connectivity index (χ1n) is 8.37. The van der Waals surface area contributed by atoms with E-state index in [2.05, 4.69) is 24.3 Å². The van der Waals surface area contributed by atoms with Gasteiger partial charge in [-0.15, -0.1) is 0 Å². The maximum absolute atomic E-state index is 12.7. The second-order valence-corrected chi connectivity index (χ2v) is 7.10. The molecule has 3 aromatic rings. The SMILES string of the molecule is CCN1C(=O)CC(c2ccc(Cl)c(Cl)c2)c2c1ccc1ccccc21. The summed E-state index contributed by atoms with van der Waals surface area (Å²) in [5, 5.41) is 3.41. The normalized spacial score (nSPS) is 17.0. The lowest BCUT2D eigenvalue weighted by Gasteiger charge is -2.35. The van der Waals surface area contributed by atoms with Crippen LogP contribution in [-0.4, -0.2) is 12.5 Å². The van der Waals surface area contributed by atoms with Crippen molar-refractivity contribution in [2.45, 2.75) is 19.3 Å². The van der Waals surface area contributed by atoms with Crippen molar-refractivity contribution in [1.82, 2.24) is 0 Å². The van der Waals surface area contributed by atoms with Crippen molar-refractivity contribution in [3.8, 4) is 0 Å². The average Bonchev–Trinajstić information content (AvgIpc) is 2.63. The van der Waals surface area contributed by atoms with Crippen molar-refractivity contribution in [3.05, 3.63) is 75.8 Å². The van der Waals surface area contributed by atoms with Gasteiger partial charge in [-0.1, -0.05) is 59.6 Å². The smallest absolute Gasteiger partial charge is 0.227 e. The van der Waals surface area contributed by atoms with Gasteiger partial charge in [0.25, 0.3) is 0 Å². The molecule has 3 aromatic carbocycles. The fourth-order valence-corrected chi connectivity index (χ4v) is 4.07. The Morgan fingerprint density at radius 1 is 1.04 bits per heavy atom. The van der Waals surface area contributed by atoms with Gasteiger partial charge in [-0.25, -0.2) is 0 Å². The molecule has 0 N–H and O–H groups in total. The summed E-state index contributed by atoms with van der Waals surface area (Å²) in [6.07, 6.45) is 0.437. The number of amides is 1. The molecule has 4 heteroatoms.